The average molecular weight is 305 g/mol. The SMILES string of the molecule is Cc1cc(C)cc(-n2c(=S)[nH]nc(CCC(=O)O)c2=O)c1. The van der Waals surface area contributed by atoms with Crippen molar-refractivity contribution in [1.29, 1.82) is 0 Å². The van der Waals surface area contributed by atoms with Crippen LogP contribution < -0.4 is 5.56 Å². The summed E-state index contributed by atoms with van der Waals surface area (Å²) in [7, 11) is 0. The molecule has 7 heteroatoms. The largest absolute Gasteiger partial charge is 0.481 e. The summed E-state index contributed by atoms with van der Waals surface area (Å²) in [6.07, 6.45) is -0.0925. The number of carboxylic acid groups (broad SMARTS) is 1. The second-order valence-electron chi connectivity index (χ2n) is 4.86. The number of nitrogens with zero attached hydrogens (tertiary/aromatic N) is 2. The lowest BCUT2D eigenvalue weighted by Gasteiger charge is -2.09. The molecule has 2 aromatic rings. The number of aromatic nitrogens is 3. The molecule has 110 valence electrons. The van der Waals surface area contributed by atoms with Crippen LogP contribution >= 0.6 is 12.2 Å². The molecule has 0 aliphatic heterocycles. The molecular weight excluding hydrogens is 290 g/mol. The molecule has 0 saturated carbocycles. The minimum absolute atomic E-state index is 0.0606. The summed E-state index contributed by atoms with van der Waals surface area (Å²) >= 11 is 5.13. The van der Waals surface area contributed by atoms with Gasteiger partial charge >= 0.3 is 5.97 Å². The van der Waals surface area contributed by atoms with Crippen molar-refractivity contribution in [2.24, 2.45) is 0 Å². The number of aromatic amines is 1. The van der Waals surface area contributed by atoms with Gasteiger partial charge in [-0.1, -0.05) is 6.07 Å². The zero-order valence-electron chi connectivity index (χ0n) is 11.7. The Hall–Kier alpha value is -2.28. The Balaban J connectivity index is 2.57. The molecule has 2 rings (SSSR count). The highest BCUT2D eigenvalue weighted by atomic mass is 32.1. The fourth-order valence-electron chi connectivity index (χ4n) is 2.14. The van der Waals surface area contributed by atoms with Gasteiger partial charge in [0.25, 0.3) is 5.56 Å². The highest BCUT2D eigenvalue weighted by Crippen LogP contribution is 2.12. The van der Waals surface area contributed by atoms with Gasteiger partial charge in [-0.25, -0.2) is 0 Å². The van der Waals surface area contributed by atoms with Crippen molar-refractivity contribution in [3.05, 3.63) is 50.1 Å². The minimum Gasteiger partial charge on any atom is -0.481 e. The monoisotopic (exact) mass is 305 g/mol. The number of hydrogen-bond donors (Lipinski definition) is 2. The van der Waals surface area contributed by atoms with E-state index in [9.17, 15) is 9.59 Å². The van der Waals surface area contributed by atoms with Gasteiger partial charge in [-0.3, -0.25) is 19.3 Å². The number of carboxylic acids is 1. The van der Waals surface area contributed by atoms with Crippen LogP contribution in [0.25, 0.3) is 5.69 Å². The lowest BCUT2D eigenvalue weighted by atomic mass is 10.1. The zero-order chi connectivity index (χ0) is 15.6. The number of rotatable bonds is 4. The van der Waals surface area contributed by atoms with Crippen LogP contribution in [0.15, 0.2) is 23.0 Å². The number of carbonyl (C=O) groups is 1. The first-order valence-corrected chi connectivity index (χ1v) is 6.80. The van der Waals surface area contributed by atoms with Crippen LogP contribution in [0.5, 0.6) is 0 Å². The van der Waals surface area contributed by atoms with Gasteiger partial charge in [0.15, 0.2) is 0 Å². The van der Waals surface area contributed by atoms with Crippen molar-refractivity contribution in [2.45, 2.75) is 26.7 Å². The van der Waals surface area contributed by atoms with Gasteiger partial charge < -0.3 is 5.11 Å². The highest BCUT2D eigenvalue weighted by molar-refractivity contribution is 7.71. The summed E-state index contributed by atoms with van der Waals surface area (Å²) in [6.45, 7) is 3.86. The van der Waals surface area contributed by atoms with Crippen LogP contribution in [-0.2, 0) is 11.2 Å². The minimum atomic E-state index is -0.975. The van der Waals surface area contributed by atoms with E-state index in [1.54, 1.807) is 0 Å². The molecule has 0 amide bonds. The lowest BCUT2D eigenvalue weighted by molar-refractivity contribution is -0.136. The second kappa shape index (κ2) is 6.01. The third kappa shape index (κ3) is 3.43. The Morgan fingerprint density at radius 3 is 2.52 bits per heavy atom. The normalized spacial score (nSPS) is 10.6. The quantitative estimate of drug-likeness (QED) is 0.843. The van der Waals surface area contributed by atoms with Crippen LogP contribution in [0.2, 0.25) is 0 Å². The fraction of sp³-hybridized carbons (Fsp3) is 0.286. The van der Waals surface area contributed by atoms with Gasteiger partial charge in [0, 0.05) is 6.42 Å². The summed E-state index contributed by atoms with van der Waals surface area (Å²) in [5.74, 6) is -0.975. The molecule has 0 bridgehead atoms. The maximum absolute atomic E-state index is 12.4. The van der Waals surface area contributed by atoms with E-state index >= 15 is 0 Å². The highest BCUT2D eigenvalue weighted by Gasteiger charge is 2.11. The molecule has 0 aliphatic carbocycles. The van der Waals surface area contributed by atoms with Crippen molar-refractivity contribution in [3.63, 3.8) is 0 Å². The molecule has 0 atom stereocenters. The Kier molecular flexibility index (Phi) is 4.32. The molecule has 1 heterocycles. The Morgan fingerprint density at radius 1 is 1.33 bits per heavy atom. The summed E-state index contributed by atoms with van der Waals surface area (Å²) in [5, 5.41) is 15.2. The lowest BCUT2D eigenvalue weighted by Crippen LogP contribution is -2.26. The van der Waals surface area contributed by atoms with Gasteiger partial charge in [-0.2, -0.15) is 5.10 Å². The smallest absolute Gasteiger partial charge is 0.303 e. The molecule has 0 radical (unpaired) electrons. The molecule has 0 spiro atoms. The predicted molar refractivity (Wildman–Crippen MR) is 80.4 cm³/mol. The molecule has 0 fully saturated rings. The van der Waals surface area contributed by atoms with Crippen LogP contribution in [0.4, 0.5) is 0 Å². The van der Waals surface area contributed by atoms with E-state index < -0.39 is 5.97 Å². The van der Waals surface area contributed by atoms with Crippen molar-refractivity contribution in [1.82, 2.24) is 14.8 Å². The Morgan fingerprint density at radius 2 is 1.95 bits per heavy atom. The van der Waals surface area contributed by atoms with Crippen molar-refractivity contribution >= 4 is 18.2 Å². The maximum Gasteiger partial charge on any atom is 0.303 e. The summed E-state index contributed by atoms with van der Waals surface area (Å²) in [6, 6.07) is 5.69. The molecular formula is C14H15N3O3S. The van der Waals surface area contributed by atoms with Gasteiger partial charge in [-0.05, 0) is 49.3 Å². The number of aryl methyl sites for hydroxylation is 3. The van der Waals surface area contributed by atoms with E-state index in [2.05, 4.69) is 10.2 Å². The van der Waals surface area contributed by atoms with Crippen LogP contribution in [-0.4, -0.2) is 25.8 Å². The molecule has 21 heavy (non-hydrogen) atoms. The van der Waals surface area contributed by atoms with Gasteiger partial charge in [-0.15, -0.1) is 0 Å². The maximum atomic E-state index is 12.4. The molecule has 1 aromatic heterocycles. The van der Waals surface area contributed by atoms with E-state index in [4.69, 9.17) is 17.3 Å². The van der Waals surface area contributed by atoms with E-state index in [-0.39, 0.29) is 28.9 Å². The van der Waals surface area contributed by atoms with E-state index in [1.807, 2.05) is 32.0 Å². The molecule has 0 unspecified atom stereocenters. The van der Waals surface area contributed by atoms with Crippen LogP contribution in [0.3, 0.4) is 0 Å². The molecule has 6 nitrogen and oxygen atoms in total. The van der Waals surface area contributed by atoms with E-state index in [0.29, 0.717) is 5.69 Å². The van der Waals surface area contributed by atoms with Crippen LogP contribution in [0, 0.1) is 18.6 Å². The number of hydrogen-bond acceptors (Lipinski definition) is 4. The molecule has 2 N–H and O–H groups in total. The zero-order valence-corrected chi connectivity index (χ0v) is 12.5. The second-order valence-corrected chi connectivity index (χ2v) is 5.24. The Bertz CT molecular complexity index is 788. The first-order chi connectivity index (χ1) is 9.88. The summed E-state index contributed by atoms with van der Waals surface area (Å²) in [5.41, 5.74) is 2.44. The van der Waals surface area contributed by atoms with Gasteiger partial charge in [0.1, 0.15) is 5.69 Å². The molecule has 1 aromatic carbocycles. The number of benzene rings is 1. The standard InChI is InChI=1S/C14H15N3O3S/c1-8-5-9(2)7-10(6-8)17-13(20)11(3-4-12(18)19)15-16-14(17)21/h5-7H,3-4H2,1-2H3,(H,16,21)(H,18,19). The van der Waals surface area contributed by atoms with E-state index in [0.717, 1.165) is 11.1 Å². The van der Waals surface area contributed by atoms with Crippen LogP contribution in [0.1, 0.15) is 23.2 Å². The number of H-pyrrole nitrogens is 1. The van der Waals surface area contributed by atoms with E-state index in [1.165, 1.54) is 4.57 Å². The predicted octanol–water partition coefficient (Wildman–Crippen LogP) is 1.92. The van der Waals surface area contributed by atoms with Crippen molar-refractivity contribution in [2.75, 3.05) is 0 Å². The third-order valence-corrected chi connectivity index (χ3v) is 3.25. The van der Waals surface area contributed by atoms with Gasteiger partial charge in [0.05, 0.1) is 12.1 Å². The van der Waals surface area contributed by atoms with Crippen molar-refractivity contribution < 1.29 is 9.90 Å². The topological polar surface area (TPSA) is 88.0 Å². The average Bonchev–Trinajstić information content (AvgIpc) is 2.36. The van der Waals surface area contributed by atoms with Crippen molar-refractivity contribution in [3.8, 4) is 5.69 Å². The number of nitrogens with one attached hydrogen (secondary N) is 1. The summed E-state index contributed by atoms with van der Waals surface area (Å²) < 4.78 is 1.53. The third-order valence-electron chi connectivity index (χ3n) is 2.98. The Labute approximate surface area is 126 Å². The first-order valence-electron chi connectivity index (χ1n) is 6.39. The molecule has 0 aliphatic rings. The fourth-order valence-corrected chi connectivity index (χ4v) is 2.37. The first kappa shape index (κ1) is 15.1. The molecule has 0 saturated heterocycles. The summed E-state index contributed by atoms with van der Waals surface area (Å²) in [4.78, 5) is 23.1. The van der Waals surface area contributed by atoms with Gasteiger partial charge in [0.2, 0.25) is 4.77 Å². The number of aliphatic carboxylic acids is 1.